The summed E-state index contributed by atoms with van der Waals surface area (Å²) in [5, 5.41) is 3.41. The molecule has 1 aromatic rings. The second-order valence-electron chi connectivity index (χ2n) is 15.8. The van der Waals surface area contributed by atoms with Gasteiger partial charge in [-0.25, -0.2) is 4.79 Å². The molecule has 8 rings (SSSR count). The summed E-state index contributed by atoms with van der Waals surface area (Å²) in [6.45, 7) is 10.8. The molecule has 7 fully saturated rings. The molecule has 1 aromatic carbocycles. The van der Waals surface area contributed by atoms with Crippen molar-refractivity contribution in [3.8, 4) is 0 Å². The number of fused-ring (bicyclic) bond motifs is 6. The van der Waals surface area contributed by atoms with Crippen LogP contribution in [0.1, 0.15) is 91.0 Å². The van der Waals surface area contributed by atoms with Crippen LogP contribution in [0.5, 0.6) is 0 Å². The number of carbonyl (C=O) groups is 2. The molecule has 3 heterocycles. The molecule has 2 amide bonds. The van der Waals surface area contributed by atoms with Crippen LogP contribution in [0, 0.1) is 45.8 Å². The van der Waals surface area contributed by atoms with Gasteiger partial charge >= 0.3 is 6.09 Å². The third-order valence-corrected chi connectivity index (χ3v) is 14.3. The zero-order chi connectivity index (χ0) is 28.4. The van der Waals surface area contributed by atoms with E-state index in [2.05, 4.69) is 37.9 Å². The molecule has 12 atom stereocenters. The molecule has 0 unspecified atom stereocenters. The topological polar surface area (TPSA) is 67.9 Å². The van der Waals surface area contributed by atoms with Gasteiger partial charge in [0.05, 0.1) is 17.7 Å². The Labute approximate surface area is 245 Å². The largest absolute Gasteiger partial charge is 0.445 e. The van der Waals surface area contributed by atoms with Crippen molar-refractivity contribution in [2.24, 2.45) is 45.8 Å². The molecule has 6 heteroatoms. The fourth-order valence-electron chi connectivity index (χ4n) is 12.4. The molecule has 0 bridgehead atoms. The fraction of sp³-hybridized carbons (Fsp3) is 0.771. The third-order valence-electron chi connectivity index (χ3n) is 14.3. The van der Waals surface area contributed by atoms with E-state index in [1.807, 2.05) is 30.3 Å². The van der Waals surface area contributed by atoms with Gasteiger partial charge in [0.2, 0.25) is 5.91 Å². The zero-order valence-electron chi connectivity index (χ0n) is 25.4. The molecule has 0 radical (unpaired) electrons. The van der Waals surface area contributed by atoms with E-state index in [4.69, 9.17) is 9.47 Å². The maximum atomic E-state index is 13.6. The SMILES string of the molecule is C[C@H]1C[C@H]2O[C@]3(CC[C@H]4[C@@H]5CC[C@H]6NC(=O)CC[C@]6(C)[C@H]5C[C@@]45C[C@]53C)[C@H](C)[C@@H]2N(C(=O)OCc2ccccc2)C1. The Kier molecular flexibility index (Phi) is 5.66. The molecule has 6 nitrogen and oxygen atoms in total. The summed E-state index contributed by atoms with van der Waals surface area (Å²) in [4.78, 5) is 28.0. The highest BCUT2D eigenvalue weighted by molar-refractivity contribution is 5.77. The fourth-order valence-corrected chi connectivity index (χ4v) is 12.4. The Hall–Kier alpha value is -2.08. The van der Waals surface area contributed by atoms with Crippen molar-refractivity contribution < 1.29 is 19.1 Å². The number of benzene rings is 1. The van der Waals surface area contributed by atoms with Crippen LogP contribution in [0.15, 0.2) is 30.3 Å². The number of hydrogen-bond donors (Lipinski definition) is 1. The first-order valence-electron chi connectivity index (χ1n) is 16.6. The number of likely N-dealkylation sites (tertiary alicyclic amines) is 1. The summed E-state index contributed by atoms with van der Waals surface area (Å²) in [5.74, 6) is 3.21. The number of hydrogen-bond acceptors (Lipinski definition) is 4. The van der Waals surface area contributed by atoms with E-state index < -0.39 is 0 Å². The predicted molar refractivity (Wildman–Crippen MR) is 156 cm³/mol. The zero-order valence-corrected chi connectivity index (χ0v) is 25.4. The average molecular weight is 561 g/mol. The summed E-state index contributed by atoms with van der Waals surface area (Å²) >= 11 is 0. The molecule has 41 heavy (non-hydrogen) atoms. The lowest BCUT2D eigenvalue weighted by Crippen LogP contribution is -2.57. The lowest BCUT2D eigenvalue weighted by molar-refractivity contribution is -0.148. The van der Waals surface area contributed by atoms with Gasteiger partial charge in [-0.3, -0.25) is 4.79 Å². The van der Waals surface area contributed by atoms with Crippen molar-refractivity contribution in [2.45, 2.75) is 116 Å². The van der Waals surface area contributed by atoms with Gasteiger partial charge in [0.15, 0.2) is 0 Å². The lowest BCUT2D eigenvalue weighted by Gasteiger charge is -2.53. The summed E-state index contributed by atoms with van der Waals surface area (Å²) in [6.07, 6.45) is 10.0. The minimum absolute atomic E-state index is 0.0830. The first-order chi connectivity index (χ1) is 19.6. The maximum Gasteiger partial charge on any atom is 0.410 e. The number of rotatable bonds is 2. The molecule has 4 saturated carbocycles. The Morgan fingerprint density at radius 1 is 1.10 bits per heavy atom. The maximum absolute atomic E-state index is 13.6. The molecule has 1 N–H and O–H groups in total. The summed E-state index contributed by atoms with van der Waals surface area (Å²) in [7, 11) is 0. The molecule has 4 aliphatic carbocycles. The van der Waals surface area contributed by atoms with Crippen LogP contribution >= 0.6 is 0 Å². The second kappa shape index (κ2) is 8.74. The lowest BCUT2D eigenvalue weighted by atomic mass is 9.56. The summed E-state index contributed by atoms with van der Waals surface area (Å²) < 4.78 is 13.3. The number of nitrogens with zero attached hydrogens (tertiary/aromatic N) is 1. The number of amides is 2. The molecule has 3 aliphatic heterocycles. The standard InChI is InChI=1S/C35H48N2O4/c1-21-16-27-30(37(18-21)31(39)40-19-23-8-6-5-7-9-23)22(2)35(41-27)15-12-25-24-10-11-28-32(3,14-13-29(38)36-28)26(24)17-34(25)20-33(34,35)4/h5-9,21-22,24-28,30H,10-20H2,1-4H3,(H,36,38)/t21-,22+,24-,25-,26-,27+,28+,30-,32+,33+,34+,35+/m0/s1. The Balaban J connectivity index is 1.06. The van der Waals surface area contributed by atoms with Gasteiger partial charge in [-0.15, -0.1) is 0 Å². The van der Waals surface area contributed by atoms with Gasteiger partial charge in [0.25, 0.3) is 0 Å². The van der Waals surface area contributed by atoms with E-state index in [-0.39, 0.29) is 46.5 Å². The molecular weight excluding hydrogens is 512 g/mol. The first-order valence-corrected chi connectivity index (χ1v) is 16.6. The third kappa shape index (κ3) is 3.40. The highest BCUT2D eigenvalue weighted by Crippen LogP contribution is 2.87. The molecule has 222 valence electrons. The van der Waals surface area contributed by atoms with E-state index in [9.17, 15) is 9.59 Å². The highest BCUT2D eigenvalue weighted by Gasteiger charge is 2.85. The monoisotopic (exact) mass is 560 g/mol. The van der Waals surface area contributed by atoms with Crippen LogP contribution in [-0.2, 0) is 20.9 Å². The Bertz CT molecular complexity index is 1250. The second-order valence-corrected chi connectivity index (χ2v) is 15.8. The van der Waals surface area contributed by atoms with E-state index >= 15 is 0 Å². The smallest absolute Gasteiger partial charge is 0.410 e. The van der Waals surface area contributed by atoms with Gasteiger partial charge in [0, 0.05) is 30.3 Å². The van der Waals surface area contributed by atoms with Crippen LogP contribution in [0.25, 0.3) is 0 Å². The quantitative estimate of drug-likeness (QED) is 0.459. The van der Waals surface area contributed by atoms with Crippen molar-refractivity contribution in [3.05, 3.63) is 35.9 Å². The molecule has 2 spiro atoms. The van der Waals surface area contributed by atoms with E-state index in [1.165, 1.54) is 25.7 Å². The highest BCUT2D eigenvalue weighted by atomic mass is 16.6. The molecular formula is C35H48N2O4. The molecule has 7 aliphatic rings. The van der Waals surface area contributed by atoms with Crippen LogP contribution < -0.4 is 5.32 Å². The molecule has 3 saturated heterocycles. The van der Waals surface area contributed by atoms with E-state index in [0.717, 1.165) is 49.6 Å². The number of ether oxygens (including phenoxy) is 2. The minimum Gasteiger partial charge on any atom is -0.445 e. The van der Waals surface area contributed by atoms with Crippen molar-refractivity contribution in [3.63, 3.8) is 0 Å². The predicted octanol–water partition coefficient (Wildman–Crippen LogP) is 6.33. The Morgan fingerprint density at radius 2 is 1.90 bits per heavy atom. The number of nitrogens with one attached hydrogen (secondary N) is 1. The van der Waals surface area contributed by atoms with Gasteiger partial charge in [-0.2, -0.15) is 0 Å². The Morgan fingerprint density at radius 3 is 2.71 bits per heavy atom. The van der Waals surface area contributed by atoms with Crippen molar-refractivity contribution in [1.29, 1.82) is 0 Å². The molecule has 0 aromatic heterocycles. The van der Waals surface area contributed by atoms with Crippen LogP contribution in [0.3, 0.4) is 0 Å². The normalized spacial score (nSPS) is 51.1. The minimum atomic E-state index is -0.183. The van der Waals surface area contributed by atoms with Gasteiger partial charge in [0.1, 0.15) is 6.61 Å². The number of piperidine rings is 2. The van der Waals surface area contributed by atoms with Crippen LogP contribution in [0.4, 0.5) is 4.79 Å². The van der Waals surface area contributed by atoms with Crippen molar-refractivity contribution >= 4 is 12.0 Å². The van der Waals surface area contributed by atoms with E-state index in [1.54, 1.807) is 0 Å². The van der Waals surface area contributed by atoms with Gasteiger partial charge < -0.3 is 19.7 Å². The van der Waals surface area contributed by atoms with Crippen LogP contribution in [-0.4, -0.2) is 47.2 Å². The summed E-state index contributed by atoms with van der Waals surface area (Å²) in [5.41, 5.74) is 1.59. The average Bonchev–Trinajstić information content (AvgIpc) is 3.30. The van der Waals surface area contributed by atoms with E-state index in [0.29, 0.717) is 36.3 Å². The van der Waals surface area contributed by atoms with Gasteiger partial charge in [-0.1, -0.05) is 58.0 Å². The van der Waals surface area contributed by atoms with Crippen LogP contribution in [0.2, 0.25) is 0 Å². The summed E-state index contributed by atoms with van der Waals surface area (Å²) in [6, 6.07) is 10.4. The first kappa shape index (κ1) is 26.5. The van der Waals surface area contributed by atoms with Crippen molar-refractivity contribution in [1.82, 2.24) is 10.2 Å². The number of carbonyl (C=O) groups excluding carboxylic acids is 2. The van der Waals surface area contributed by atoms with Crippen molar-refractivity contribution in [2.75, 3.05) is 6.54 Å². The van der Waals surface area contributed by atoms with Gasteiger partial charge in [-0.05, 0) is 91.4 Å².